The Hall–Kier alpha value is -2.26. The molecule has 1 aromatic carbocycles. The second-order valence-corrected chi connectivity index (χ2v) is 7.79. The lowest BCUT2D eigenvalue weighted by molar-refractivity contribution is -0.117. The van der Waals surface area contributed by atoms with E-state index in [0.29, 0.717) is 35.5 Å². The molecule has 3 heterocycles. The zero-order valence-electron chi connectivity index (χ0n) is 15.2. The summed E-state index contributed by atoms with van der Waals surface area (Å²) in [6, 6.07) is 9.22. The summed E-state index contributed by atoms with van der Waals surface area (Å²) in [7, 11) is 0. The molecular formula is C19H20ClN5O2S. The standard InChI is InChI=1S/C19H20ClN5O2S/c20-15-3-1-2-4-16(15)21-17(26)11-24-6-8-25(9-7-24)12-18-22-19(23-27-18)14-5-10-28-13-14/h1-5,10,13H,6-9,11-12H2,(H,21,26). The van der Waals surface area contributed by atoms with Crippen LogP contribution in [0.5, 0.6) is 0 Å². The Morgan fingerprint density at radius 1 is 1.18 bits per heavy atom. The molecule has 0 unspecified atom stereocenters. The first-order valence-corrected chi connectivity index (χ1v) is 10.3. The number of para-hydroxylation sites is 1. The van der Waals surface area contributed by atoms with Crippen molar-refractivity contribution in [3.05, 3.63) is 52.0 Å². The molecule has 1 fully saturated rings. The van der Waals surface area contributed by atoms with Crippen LogP contribution in [0, 0.1) is 0 Å². The Morgan fingerprint density at radius 3 is 2.71 bits per heavy atom. The van der Waals surface area contributed by atoms with E-state index in [1.807, 2.05) is 29.0 Å². The van der Waals surface area contributed by atoms with Crippen molar-refractivity contribution in [3.8, 4) is 11.4 Å². The average molecular weight is 418 g/mol. The van der Waals surface area contributed by atoms with Gasteiger partial charge in [-0.25, -0.2) is 0 Å². The van der Waals surface area contributed by atoms with E-state index >= 15 is 0 Å². The number of aromatic nitrogens is 2. The minimum Gasteiger partial charge on any atom is -0.338 e. The van der Waals surface area contributed by atoms with E-state index in [9.17, 15) is 4.79 Å². The Kier molecular flexibility index (Phi) is 6.01. The first kappa shape index (κ1) is 19.1. The molecule has 0 bridgehead atoms. The van der Waals surface area contributed by atoms with Gasteiger partial charge in [0.05, 0.1) is 23.8 Å². The highest BCUT2D eigenvalue weighted by molar-refractivity contribution is 7.08. The molecule has 4 rings (SSSR count). The highest BCUT2D eigenvalue weighted by Gasteiger charge is 2.21. The third kappa shape index (κ3) is 4.77. The molecule has 0 radical (unpaired) electrons. The number of nitrogens with zero attached hydrogens (tertiary/aromatic N) is 4. The van der Waals surface area contributed by atoms with Gasteiger partial charge in [-0.05, 0) is 23.6 Å². The Balaban J connectivity index is 1.23. The smallest absolute Gasteiger partial charge is 0.241 e. The molecule has 3 aromatic rings. The molecule has 2 aromatic heterocycles. The largest absolute Gasteiger partial charge is 0.338 e. The van der Waals surface area contributed by atoms with Gasteiger partial charge in [0.2, 0.25) is 17.6 Å². The summed E-state index contributed by atoms with van der Waals surface area (Å²) in [4.78, 5) is 21.1. The number of nitrogens with one attached hydrogen (secondary N) is 1. The Bertz CT molecular complexity index is 922. The predicted molar refractivity (Wildman–Crippen MR) is 109 cm³/mol. The fourth-order valence-corrected chi connectivity index (χ4v) is 3.90. The van der Waals surface area contributed by atoms with Crippen LogP contribution in [0.25, 0.3) is 11.4 Å². The van der Waals surface area contributed by atoms with Crippen LogP contribution in [0.15, 0.2) is 45.6 Å². The second-order valence-electron chi connectivity index (χ2n) is 6.60. The van der Waals surface area contributed by atoms with Crippen molar-refractivity contribution < 1.29 is 9.32 Å². The third-order valence-electron chi connectivity index (χ3n) is 4.59. The van der Waals surface area contributed by atoms with E-state index in [4.69, 9.17) is 16.1 Å². The Labute approximate surface area is 171 Å². The van der Waals surface area contributed by atoms with Gasteiger partial charge in [-0.2, -0.15) is 16.3 Å². The summed E-state index contributed by atoms with van der Waals surface area (Å²) < 4.78 is 5.37. The molecule has 0 spiro atoms. The summed E-state index contributed by atoms with van der Waals surface area (Å²) in [5, 5.41) is 11.4. The molecule has 0 atom stereocenters. The number of hydrogen-bond donors (Lipinski definition) is 1. The maximum absolute atomic E-state index is 12.3. The van der Waals surface area contributed by atoms with Crippen molar-refractivity contribution in [1.29, 1.82) is 0 Å². The van der Waals surface area contributed by atoms with Gasteiger partial charge < -0.3 is 9.84 Å². The number of piperazine rings is 1. The van der Waals surface area contributed by atoms with Gasteiger partial charge in [0.1, 0.15) is 0 Å². The topological polar surface area (TPSA) is 74.5 Å². The number of carbonyl (C=O) groups excluding carboxylic acids is 1. The van der Waals surface area contributed by atoms with Crippen molar-refractivity contribution in [2.75, 3.05) is 38.0 Å². The van der Waals surface area contributed by atoms with Gasteiger partial charge in [-0.3, -0.25) is 14.6 Å². The van der Waals surface area contributed by atoms with E-state index in [1.165, 1.54) is 0 Å². The number of thiophene rings is 1. The molecule has 1 amide bonds. The predicted octanol–water partition coefficient (Wildman–Crippen LogP) is 3.21. The summed E-state index contributed by atoms with van der Waals surface area (Å²) in [6.07, 6.45) is 0. The average Bonchev–Trinajstić information content (AvgIpc) is 3.37. The van der Waals surface area contributed by atoms with Gasteiger partial charge in [-0.1, -0.05) is 28.9 Å². The van der Waals surface area contributed by atoms with Crippen LogP contribution in [0.1, 0.15) is 5.89 Å². The molecule has 146 valence electrons. The lowest BCUT2D eigenvalue weighted by atomic mass is 10.3. The molecule has 1 aliphatic rings. The van der Waals surface area contributed by atoms with Crippen molar-refractivity contribution in [2.24, 2.45) is 0 Å². The van der Waals surface area contributed by atoms with Crippen LogP contribution >= 0.6 is 22.9 Å². The fourth-order valence-electron chi connectivity index (χ4n) is 3.08. The minimum atomic E-state index is -0.0566. The molecule has 28 heavy (non-hydrogen) atoms. The number of rotatable bonds is 6. The third-order valence-corrected chi connectivity index (χ3v) is 5.60. The number of halogens is 1. The maximum Gasteiger partial charge on any atom is 0.241 e. The van der Waals surface area contributed by atoms with Crippen molar-refractivity contribution in [3.63, 3.8) is 0 Å². The van der Waals surface area contributed by atoms with E-state index < -0.39 is 0 Å². The van der Waals surface area contributed by atoms with Crippen molar-refractivity contribution >= 4 is 34.5 Å². The Morgan fingerprint density at radius 2 is 1.96 bits per heavy atom. The van der Waals surface area contributed by atoms with Crippen LogP contribution in [-0.4, -0.2) is 58.6 Å². The normalized spacial score (nSPS) is 15.6. The van der Waals surface area contributed by atoms with Crippen LogP contribution in [0.4, 0.5) is 5.69 Å². The second kappa shape index (κ2) is 8.83. The number of carbonyl (C=O) groups is 1. The van der Waals surface area contributed by atoms with E-state index in [0.717, 1.165) is 31.7 Å². The fraction of sp³-hybridized carbons (Fsp3) is 0.316. The SMILES string of the molecule is O=C(CN1CCN(Cc2nc(-c3ccsc3)no2)CC1)Nc1ccccc1Cl. The van der Waals surface area contributed by atoms with Crippen LogP contribution in [-0.2, 0) is 11.3 Å². The number of amides is 1. The van der Waals surface area contributed by atoms with Gasteiger partial charge in [0.15, 0.2) is 0 Å². The van der Waals surface area contributed by atoms with E-state index in [2.05, 4.69) is 25.3 Å². The van der Waals surface area contributed by atoms with Gasteiger partial charge in [0.25, 0.3) is 0 Å². The number of anilines is 1. The molecule has 1 saturated heterocycles. The van der Waals surface area contributed by atoms with Crippen molar-refractivity contribution in [1.82, 2.24) is 19.9 Å². The summed E-state index contributed by atoms with van der Waals surface area (Å²) >= 11 is 7.70. The van der Waals surface area contributed by atoms with Gasteiger partial charge in [0, 0.05) is 37.1 Å². The monoisotopic (exact) mass is 417 g/mol. The first-order chi connectivity index (χ1) is 13.7. The molecule has 0 aliphatic carbocycles. The molecule has 1 aliphatic heterocycles. The van der Waals surface area contributed by atoms with Crippen LogP contribution in [0.2, 0.25) is 5.02 Å². The van der Waals surface area contributed by atoms with E-state index in [-0.39, 0.29) is 5.91 Å². The lowest BCUT2D eigenvalue weighted by Crippen LogP contribution is -2.48. The highest BCUT2D eigenvalue weighted by Crippen LogP contribution is 2.21. The van der Waals surface area contributed by atoms with Crippen LogP contribution in [0.3, 0.4) is 0 Å². The van der Waals surface area contributed by atoms with Crippen molar-refractivity contribution in [2.45, 2.75) is 6.54 Å². The lowest BCUT2D eigenvalue weighted by Gasteiger charge is -2.33. The quantitative estimate of drug-likeness (QED) is 0.663. The molecule has 1 N–H and O–H groups in total. The minimum absolute atomic E-state index is 0.0566. The number of benzene rings is 1. The summed E-state index contributed by atoms with van der Waals surface area (Å²) in [5.74, 6) is 1.19. The highest BCUT2D eigenvalue weighted by atomic mass is 35.5. The van der Waals surface area contributed by atoms with Gasteiger partial charge >= 0.3 is 0 Å². The summed E-state index contributed by atoms with van der Waals surface area (Å²) in [5.41, 5.74) is 1.62. The van der Waals surface area contributed by atoms with E-state index in [1.54, 1.807) is 23.5 Å². The number of hydrogen-bond acceptors (Lipinski definition) is 7. The molecule has 0 saturated carbocycles. The first-order valence-electron chi connectivity index (χ1n) is 9.01. The maximum atomic E-state index is 12.3. The summed E-state index contributed by atoms with van der Waals surface area (Å²) in [6.45, 7) is 4.27. The molecule has 7 nitrogen and oxygen atoms in total. The van der Waals surface area contributed by atoms with Crippen LogP contribution < -0.4 is 5.32 Å². The zero-order valence-corrected chi connectivity index (χ0v) is 16.7. The molecular weight excluding hydrogens is 398 g/mol. The zero-order chi connectivity index (χ0) is 19.3. The molecule has 9 heteroatoms. The van der Waals surface area contributed by atoms with Gasteiger partial charge in [-0.15, -0.1) is 0 Å².